The van der Waals surface area contributed by atoms with Crippen LogP contribution in [0.1, 0.15) is 36.0 Å². The van der Waals surface area contributed by atoms with E-state index < -0.39 is 11.9 Å². The van der Waals surface area contributed by atoms with Crippen molar-refractivity contribution in [2.24, 2.45) is 17.8 Å². The van der Waals surface area contributed by atoms with E-state index in [-0.39, 0.29) is 52.2 Å². The third-order valence-corrected chi connectivity index (χ3v) is 10.2. The molecule has 2 aromatic carbocycles. The first-order valence-corrected chi connectivity index (χ1v) is 14.2. The van der Waals surface area contributed by atoms with Gasteiger partial charge in [-0.1, -0.05) is 37.9 Å². The van der Waals surface area contributed by atoms with Crippen LogP contribution in [0, 0.1) is 38.5 Å². The average Bonchev–Trinajstić information content (AvgIpc) is 3.32. The summed E-state index contributed by atoms with van der Waals surface area (Å²) in [5.41, 5.74) is 4.07. The zero-order valence-electron chi connectivity index (χ0n) is 20.9. The molecule has 2 aromatic rings. The van der Waals surface area contributed by atoms with Gasteiger partial charge in [-0.15, -0.1) is 0 Å². The maximum absolute atomic E-state index is 13.2. The summed E-state index contributed by atoms with van der Waals surface area (Å²) in [5.74, 6) is -1.86. The smallest absolute Gasteiger partial charge is 0.316 e. The molecule has 2 aliphatic heterocycles. The first-order valence-electron chi connectivity index (χ1n) is 12.4. The number of fused-ring (bicyclic) bond motifs is 1. The van der Waals surface area contributed by atoms with Crippen LogP contribution in [0.2, 0.25) is 0 Å². The van der Waals surface area contributed by atoms with E-state index in [0.717, 1.165) is 16.8 Å². The van der Waals surface area contributed by atoms with E-state index >= 15 is 0 Å². The van der Waals surface area contributed by atoms with Crippen LogP contribution in [-0.4, -0.2) is 39.9 Å². The van der Waals surface area contributed by atoms with Crippen molar-refractivity contribution in [2.45, 2.75) is 49.7 Å². The Hall–Kier alpha value is -2.52. The number of hydrogen-bond acceptors (Lipinski definition) is 5. The topological polar surface area (TPSA) is 84.0 Å². The van der Waals surface area contributed by atoms with Crippen LogP contribution in [0.4, 0.5) is 11.4 Å². The van der Waals surface area contributed by atoms with Gasteiger partial charge in [0.2, 0.25) is 17.7 Å². The number of carbonyl (C=O) groups excluding carboxylic acids is 4. The highest BCUT2D eigenvalue weighted by atomic mass is 79.9. The quantitative estimate of drug-likeness (QED) is 0.205. The van der Waals surface area contributed by atoms with Crippen molar-refractivity contribution in [3.63, 3.8) is 0 Å². The van der Waals surface area contributed by atoms with Crippen LogP contribution in [0.5, 0.6) is 5.75 Å². The minimum Gasteiger partial charge on any atom is -0.426 e. The Morgan fingerprint density at radius 2 is 1.49 bits per heavy atom. The van der Waals surface area contributed by atoms with Crippen molar-refractivity contribution in [2.75, 3.05) is 16.3 Å². The number of imide groups is 1. The highest BCUT2D eigenvalue weighted by Gasteiger charge is 2.52. The lowest BCUT2D eigenvalue weighted by Crippen LogP contribution is -2.34. The molecule has 37 heavy (non-hydrogen) atoms. The summed E-state index contributed by atoms with van der Waals surface area (Å²) in [5, 5.41) is 0. The van der Waals surface area contributed by atoms with Crippen LogP contribution in [0.15, 0.2) is 36.4 Å². The molecule has 0 aromatic heterocycles. The maximum Gasteiger partial charge on any atom is 0.316 e. The molecular formula is C28H28Br2N2O5. The second-order valence-electron chi connectivity index (χ2n) is 10.3. The molecule has 7 nitrogen and oxygen atoms in total. The summed E-state index contributed by atoms with van der Waals surface area (Å²) >= 11 is 7.23. The van der Waals surface area contributed by atoms with E-state index in [1.165, 1.54) is 4.90 Å². The number of amides is 3. The zero-order valence-corrected chi connectivity index (χ0v) is 24.0. The van der Waals surface area contributed by atoms with E-state index in [1.54, 1.807) is 30.0 Å². The Bertz CT molecular complexity index is 1260. The number of hydrogen-bond donors (Lipinski definition) is 0. The molecule has 3 fully saturated rings. The van der Waals surface area contributed by atoms with Gasteiger partial charge in [-0.3, -0.25) is 19.2 Å². The summed E-state index contributed by atoms with van der Waals surface area (Å²) in [4.78, 5) is 55.1. The van der Waals surface area contributed by atoms with Crippen molar-refractivity contribution in [1.82, 2.24) is 0 Å². The number of halogens is 2. The molecule has 5 rings (SSSR count). The molecule has 0 spiro atoms. The van der Waals surface area contributed by atoms with Gasteiger partial charge in [-0.25, -0.2) is 4.90 Å². The predicted octanol–water partition coefficient (Wildman–Crippen LogP) is 5.00. The number of benzene rings is 2. The van der Waals surface area contributed by atoms with Crippen LogP contribution < -0.4 is 14.5 Å². The van der Waals surface area contributed by atoms with Crippen molar-refractivity contribution in [3.05, 3.63) is 53.1 Å². The number of ether oxygens (including phenoxy) is 1. The Morgan fingerprint density at radius 3 is 2.05 bits per heavy atom. The van der Waals surface area contributed by atoms with Gasteiger partial charge in [0, 0.05) is 28.3 Å². The minimum atomic E-state index is -0.576. The fourth-order valence-corrected chi connectivity index (χ4v) is 6.93. The third-order valence-electron chi connectivity index (χ3n) is 7.52. The molecule has 2 saturated heterocycles. The first-order chi connectivity index (χ1) is 17.5. The number of nitrogens with zero attached hydrogens (tertiary/aromatic N) is 2. The third kappa shape index (κ3) is 4.88. The molecule has 0 bridgehead atoms. The lowest BCUT2D eigenvalue weighted by molar-refractivity contribution is -0.139. The van der Waals surface area contributed by atoms with Gasteiger partial charge in [0.15, 0.2) is 0 Å². The number of aryl methyl sites for hydroxylation is 3. The number of rotatable bonds is 4. The minimum absolute atomic E-state index is 0.0889. The first kappa shape index (κ1) is 26.1. The zero-order chi connectivity index (χ0) is 26.6. The number of esters is 1. The van der Waals surface area contributed by atoms with Gasteiger partial charge in [0.25, 0.3) is 0 Å². The monoisotopic (exact) mass is 630 g/mol. The number of anilines is 2. The Kier molecular flexibility index (Phi) is 7.04. The lowest BCUT2D eigenvalue weighted by Gasteiger charge is -2.29. The van der Waals surface area contributed by atoms with E-state index in [9.17, 15) is 19.2 Å². The molecular weight excluding hydrogens is 604 g/mol. The fourth-order valence-electron chi connectivity index (χ4n) is 5.70. The van der Waals surface area contributed by atoms with Gasteiger partial charge in [0.1, 0.15) is 5.75 Å². The Balaban J connectivity index is 1.28. The maximum atomic E-state index is 13.2. The molecule has 9 heteroatoms. The van der Waals surface area contributed by atoms with Crippen LogP contribution >= 0.6 is 31.9 Å². The highest BCUT2D eigenvalue weighted by Crippen LogP contribution is 2.45. The SMILES string of the molecule is Cc1cc(C)cc(N2C[C@H](C(=O)Oc3ccc(N4C(=O)[C@@H]5C[C@H](Br)[C@@H](Br)C[C@H]5C4=O)c(C)c3)CC2=O)c1. The Morgan fingerprint density at radius 1 is 0.892 bits per heavy atom. The molecule has 194 valence electrons. The average molecular weight is 632 g/mol. The summed E-state index contributed by atoms with van der Waals surface area (Å²) in [6, 6.07) is 10.8. The lowest BCUT2D eigenvalue weighted by atomic mass is 9.81. The molecule has 3 aliphatic rings. The molecule has 0 N–H and O–H groups in total. The van der Waals surface area contributed by atoms with Crippen molar-refractivity contribution in [3.8, 4) is 5.75 Å². The summed E-state index contributed by atoms with van der Waals surface area (Å²) < 4.78 is 5.63. The second-order valence-corrected chi connectivity index (χ2v) is 12.7. The van der Waals surface area contributed by atoms with E-state index in [2.05, 4.69) is 31.9 Å². The normalized spacial score (nSPS) is 27.6. The van der Waals surface area contributed by atoms with Crippen LogP contribution in [0.25, 0.3) is 0 Å². The van der Waals surface area contributed by atoms with Gasteiger partial charge in [0.05, 0.1) is 23.4 Å². The summed E-state index contributed by atoms with van der Waals surface area (Å²) in [7, 11) is 0. The van der Waals surface area contributed by atoms with Gasteiger partial charge in [-0.2, -0.15) is 0 Å². The number of carbonyl (C=O) groups is 4. The standard InChI is InChI=1S/C28H28Br2N2O5/c1-14-6-15(2)8-18(7-14)31-13-17(10-25(31)33)28(36)37-19-4-5-24(16(3)9-19)32-26(34)20-11-22(29)23(30)12-21(20)27(32)35/h4-9,17,20-23H,10-13H2,1-3H3/t17-,20-,21-,22+,23+/m1/s1. The molecule has 1 saturated carbocycles. The van der Waals surface area contributed by atoms with Crippen LogP contribution in [0.3, 0.4) is 0 Å². The van der Waals surface area contributed by atoms with E-state index in [0.29, 0.717) is 29.8 Å². The van der Waals surface area contributed by atoms with Gasteiger partial charge < -0.3 is 9.64 Å². The predicted molar refractivity (Wildman–Crippen MR) is 147 cm³/mol. The Labute approximate surface area is 232 Å². The fraction of sp³-hybridized carbons (Fsp3) is 0.429. The van der Waals surface area contributed by atoms with Crippen molar-refractivity contribution < 1.29 is 23.9 Å². The van der Waals surface area contributed by atoms with E-state index in [4.69, 9.17) is 4.74 Å². The van der Waals surface area contributed by atoms with Gasteiger partial charge in [-0.05, 0) is 80.6 Å². The van der Waals surface area contributed by atoms with Gasteiger partial charge >= 0.3 is 5.97 Å². The molecule has 2 heterocycles. The molecule has 5 atom stereocenters. The largest absolute Gasteiger partial charge is 0.426 e. The van der Waals surface area contributed by atoms with Crippen molar-refractivity contribution >= 4 is 66.9 Å². The van der Waals surface area contributed by atoms with E-state index in [1.807, 2.05) is 32.0 Å². The number of alkyl halides is 2. The highest BCUT2D eigenvalue weighted by molar-refractivity contribution is 9.12. The molecule has 0 unspecified atom stereocenters. The molecule has 0 radical (unpaired) electrons. The van der Waals surface area contributed by atoms with Crippen LogP contribution in [-0.2, 0) is 19.2 Å². The molecule has 1 aliphatic carbocycles. The summed E-state index contributed by atoms with van der Waals surface area (Å²) in [6.45, 7) is 6.00. The van der Waals surface area contributed by atoms with Crippen molar-refractivity contribution in [1.29, 1.82) is 0 Å². The molecule has 3 amide bonds. The summed E-state index contributed by atoms with van der Waals surface area (Å²) in [6.07, 6.45) is 1.30. The second kappa shape index (κ2) is 9.98.